The maximum absolute atomic E-state index is 12.8. The fourth-order valence-corrected chi connectivity index (χ4v) is 5.39. The number of piperidine rings is 1. The van der Waals surface area contributed by atoms with Gasteiger partial charge in [0.05, 0.1) is 5.92 Å². The molecule has 2 saturated heterocycles. The molecule has 6 heteroatoms. The van der Waals surface area contributed by atoms with E-state index in [2.05, 4.69) is 10.2 Å². The van der Waals surface area contributed by atoms with E-state index < -0.39 is 0 Å². The summed E-state index contributed by atoms with van der Waals surface area (Å²) in [5.41, 5.74) is 0. The van der Waals surface area contributed by atoms with Gasteiger partial charge in [0.1, 0.15) is 0 Å². The number of urea groups is 1. The molecule has 1 saturated carbocycles. The van der Waals surface area contributed by atoms with Crippen LogP contribution in [0.3, 0.4) is 0 Å². The van der Waals surface area contributed by atoms with Crippen molar-refractivity contribution in [3.05, 3.63) is 0 Å². The van der Waals surface area contributed by atoms with Gasteiger partial charge in [-0.15, -0.1) is 0 Å². The lowest BCUT2D eigenvalue weighted by molar-refractivity contribution is -0.126. The highest BCUT2D eigenvalue weighted by atomic mass is 16.2. The highest BCUT2D eigenvalue weighted by Gasteiger charge is 2.33. The van der Waals surface area contributed by atoms with Crippen LogP contribution in [0.5, 0.6) is 0 Å². The molecule has 0 spiro atoms. The maximum atomic E-state index is 12.8. The van der Waals surface area contributed by atoms with Gasteiger partial charge >= 0.3 is 6.03 Å². The first-order valence-corrected chi connectivity index (χ1v) is 11.7. The summed E-state index contributed by atoms with van der Waals surface area (Å²) in [5, 5.41) is 3.25. The summed E-state index contributed by atoms with van der Waals surface area (Å²) in [6.07, 6.45) is 11.0. The number of amides is 3. The molecule has 0 aromatic heterocycles. The minimum Gasteiger partial charge on any atom is -0.354 e. The third-order valence-corrected chi connectivity index (χ3v) is 7.07. The molecule has 3 aliphatic rings. The summed E-state index contributed by atoms with van der Waals surface area (Å²) in [6.45, 7) is 8.78. The van der Waals surface area contributed by atoms with Crippen molar-refractivity contribution in [2.24, 2.45) is 5.92 Å². The molecule has 3 fully saturated rings. The van der Waals surface area contributed by atoms with E-state index in [9.17, 15) is 9.59 Å². The standard InChI is InChI=1S/C22H40N4O2/c1-3-24(4-2)22(28)25-14-8-10-18(17-25)21(27)23-16-20-13-9-15-26(20)19-11-6-5-7-12-19/h18-20H,3-17H2,1-2H3,(H,23,27)/t18-,20+/m0/s1. The molecule has 1 aliphatic carbocycles. The van der Waals surface area contributed by atoms with Crippen LogP contribution in [0.25, 0.3) is 0 Å². The van der Waals surface area contributed by atoms with E-state index in [1.165, 1.54) is 51.5 Å². The molecule has 0 aromatic carbocycles. The van der Waals surface area contributed by atoms with E-state index in [1.54, 1.807) is 0 Å². The van der Waals surface area contributed by atoms with Crippen LogP contribution in [0.4, 0.5) is 4.79 Å². The predicted octanol–water partition coefficient (Wildman–Crippen LogP) is 3.07. The lowest BCUT2D eigenvalue weighted by Crippen LogP contribution is -2.51. The molecule has 2 atom stereocenters. The van der Waals surface area contributed by atoms with Crippen molar-refractivity contribution in [1.29, 1.82) is 0 Å². The highest BCUT2D eigenvalue weighted by molar-refractivity contribution is 5.81. The fourth-order valence-electron chi connectivity index (χ4n) is 5.39. The summed E-state index contributed by atoms with van der Waals surface area (Å²) in [5.74, 6) is 0.0883. The molecule has 0 radical (unpaired) electrons. The molecular formula is C22H40N4O2. The van der Waals surface area contributed by atoms with Crippen LogP contribution < -0.4 is 5.32 Å². The lowest BCUT2D eigenvalue weighted by atomic mass is 9.93. The van der Waals surface area contributed by atoms with Gasteiger partial charge in [-0.3, -0.25) is 9.69 Å². The predicted molar refractivity (Wildman–Crippen MR) is 112 cm³/mol. The number of carbonyl (C=O) groups is 2. The third kappa shape index (κ3) is 5.19. The van der Waals surface area contributed by atoms with Crippen LogP contribution in [0.1, 0.15) is 71.6 Å². The largest absolute Gasteiger partial charge is 0.354 e. The molecule has 2 heterocycles. The quantitative estimate of drug-likeness (QED) is 0.756. The Balaban J connectivity index is 1.48. The van der Waals surface area contributed by atoms with Gasteiger partial charge in [0.25, 0.3) is 0 Å². The van der Waals surface area contributed by atoms with Gasteiger partial charge in [-0.05, 0) is 58.9 Å². The summed E-state index contributed by atoms with van der Waals surface area (Å²) < 4.78 is 0. The Bertz CT molecular complexity index is 517. The lowest BCUT2D eigenvalue weighted by Gasteiger charge is -2.37. The smallest absolute Gasteiger partial charge is 0.320 e. The summed E-state index contributed by atoms with van der Waals surface area (Å²) in [4.78, 5) is 31.9. The Morgan fingerprint density at radius 1 is 0.929 bits per heavy atom. The van der Waals surface area contributed by atoms with Crippen molar-refractivity contribution < 1.29 is 9.59 Å². The SMILES string of the molecule is CCN(CC)C(=O)N1CCC[C@H](C(=O)NC[C@H]2CCCN2C2CCCCC2)C1. The molecule has 3 amide bonds. The zero-order valence-electron chi connectivity index (χ0n) is 18.0. The van der Waals surface area contributed by atoms with Gasteiger partial charge in [-0.1, -0.05) is 19.3 Å². The van der Waals surface area contributed by atoms with Gasteiger partial charge in [0.15, 0.2) is 0 Å². The van der Waals surface area contributed by atoms with E-state index in [1.807, 2.05) is 23.6 Å². The van der Waals surface area contributed by atoms with Gasteiger partial charge in [0, 0.05) is 44.8 Å². The summed E-state index contributed by atoms with van der Waals surface area (Å²) >= 11 is 0. The highest BCUT2D eigenvalue weighted by Crippen LogP contribution is 2.29. The second kappa shape index (κ2) is 10.5. The average molecular weight is 393 g/mol. The molecule has 0 aromatic rings. The van der Waals surface area contributed by atoms with Gasteiger partial charge < -0.3 is 15.1 Å². The van der Waals surface area contributed by atoms with E-state index in [0.29, 0.717) is 12.6 Å². The van der Waals surface area contributed by atoms with Crippen molar-refractivity contribution in [1.82, 2.24) is 20.0 Å². The molecule has 3 rings (SSSR count). The Labute approximate surface area is 171 Å². The molecule has 0 unspecified atom stereocenters. The van der Waals surface area contributed by atoms with Crippen molar-refractivity contribution in [2.75, 3.05) is 39.3 Å². The molecule has 6 nitrogen and oxygen atoms in total. The number of hydrogen-bond acceptors (Lipinski definition) is 3. The number of likely N-dealkylation sites (tertiary alicyclic amines) is 2. The first-order valence-electron chi connectivity index (χ1n) is 11.7. The fraction of sp³-hybridized carbons (Fsp3) is 0.909. The summed E-state index contributed by atoms with van der Waals surface area (Å²) in [6, 6.07) is 1.32. The first kappa shape index (κ1) is 21.4. The second-order valence-electron chi connectivity index (χ2n) is 8.81. The number of nitrogens with one attached hydrogen (secondary N) is 1. The van der Waals surface area contributed by atoms with Crippen molar-refractivity contribution in [3.8, 4) is 0 Å². The Hall–Kier alpha value is -1.30. The van der Waals surface area contributed by atoms with Gasteiger partial charge in [0.2, 0.25) is 5.91 Å². The topological polar surface area (TPSA) is 55.9 Å². The zero-order chi connectivity index (χ0) is 19.9. The Morgan fingerprint density at radius 2 is 1.64 bits per heavy atom. The normalized spacial score (nSPS) is 27.0. The number of rotatable bonds is 6. The van der Waals surface area contributed by atoms with Crippen molar-refractivity contribution in [2.45, 2.75) is 83.7 Å². The molecule has 2 aliphatic heterocycles. The summed E-state index contributed by atoms with van der Waals surface area (Å²) in [7, 11) is 0. The van der Waals surface area contributed by atoms with Crippen LogP contribution in [0.15, 0.2) is 0 Å². The van der Waals surface area contributed by atoms with Gasteiger partial charge in [-0.2, -0.15) is 0 Å². The number of hydrogen-bond donors (Lipinski definition) is 1. The minimum atomic E-state index is -0.0576. The molecule has 1 N–H and O–H groups in total. The maximum Gasteiger partial charge on any atom is 0.320 e. The minimum absolute atomic E-state index is 0.0576. The molecule has 0 bridgehead atoms. The van der Waals surface area contributed by atoms with E-state index in [-0.39, 0.29) is 17.9 Å². The second-order valence-corrected chi connectivity index (χ2v) is 8.81. The first-order chi connectivity index (χ1) is 13.6. The average Bonchev–Trinajstić information content (AvgIpc) is 3.22. The molecular weight excluding hydrogens is 352 g/mol. The van der Waals surface area contributed by atoms with Crippen molar-refractivity contribution in [3.63, 3.8) is 0 Å². The molecule has 28 heavy (non-hydrogen) atoms. The van der Waals surface area contributed by atoms with Crippen LogP contribution in [0, 0.1) is 5.92 Å². The van der Waals surface area contributed by atoms with Crippen LogP contribution in [0.2, 0.25) is 0 Å². The zero-order valence-corrected chi connectivity index (χ0v) is 18.0. The molecule has 160 valence electrons. The number of nitrogens with zero attached hydrogens (tertiary/aromatic N) is 3. The van der Waals surface area contributed by atoms with E-state index in [4.69, 9.17) is 0 Å². The van der Waals surface area contributed by atoms with Crippen LogP contribution >= 0.6 is 0 Å². The monoisotopic (exact) mass is 392 g/mol. The van der Waals surface area contributed by atoms with Crippen LogP contribution in [-0.2, 0) is 4.79 Å². The Kier molecular flexibility index (Phi) is 8.00. The van der Waals surface area contributed by atoms with Crippen LogP contribution in [-0.4, -0.2) is 78.0 Å². The number of carbonyl (C=O) groups excluding carboxylic acids is 2. The Morgan fingerprint density at radius 3 is 2.36 bits per heavy atom. The van der Waals surface area contributed by atoms with Crippen molar-refractivity contribution >= 4 is 11.9 Å². The van der Waals surface area contributed by atoms with E-state index >= 15 is 0 Å². The third-order valence-electron chi connectivity index (χ3n) is 7.07. The van der Waals surface area contributed by atoms with E-state index in [0.717, 1.165) is 45.1 Å². The van der Waals surface area contributed by atoms with Gasteiger partial charge in [-0.25, -0.2) is 4.79 Å².